The van der Waals surface area contributed by atoms with Crippen molar-refractivity contribution < 1.29 is 24.3 Å². The smallest absolute Gasteiger partial charge is 0.253 e. The second-order valence-electron chi connectivity index (χ2n) is 16.7. The highest BCUT2D eigenvalue weighted by Gasteiger charge is 2.28. The number of anilines is 1. The number of nitrogens with one attached hydrogen (secondary N) is 2. The summed E-state index contributed by atoms with van der Waals surface area (Å²) in [7, 11) is 0. The van der Waals surface area contributed by atoms with Crippen molar-refractivity contribution in [3.8, 4) is 5.75 Å². The van der Waals surface area contributed by atoms with Crippen molar-refractivity contribution in [1.82, 2.24) is 15.2 Å². The van der Waals surface area contributed by atoms with E-state index >= 15 is 0 Å². The van der Waals surface area contributed by atoms with Crippen LogP contribution in [0.1, 0.15) is 131 Å². The van der Waals surface area contributed by atoms with Gasteiger partial charge in [0.1, 0.15) is 17.2 Å². The minimum absolute atomic E-state index is 0.0649. The molecule has 0 unspecified atom stereocenters. The molecule has 0 radical (unpaired) electrons. The summed E-state index contributed by atoms with van der Waals surface area (Å²) in [6.45, 7) is 16.4. The number of unbranched alkanes of at least 4 members (excludes halogenated alkanes) is 5. The molecule has 282 valence electrons. The number of benzene rings is 1. The van der Waals surface area contributed by atoms with E-state index in [1.165, 1.54) is 33.0 Å². The van der Waals surface area contributed by atoms with Crippen LogP contribution in [0.5, 0.6) is 5.75 Å². The van der Waals surface area contributed by atoms with Crippen LogP contribution < -0.4 is 10.2 Å². The Hall–Kier alpha value is -3.27. The summed E-state index contributed by atoms with van der Waals surface area (Å²) < 4.78 is 0.0649. The maximum absolute atomic E-state index is 12.5. The van der Waals surface area contributed by atoms with E-state index in [0.717, 1.165) is 94.9 Å². The van der Waals surface area contributed by atoms with E-state index in [9.17, 15) is 24.3 Å². The summed E-state index contributed by atoms with van der Waals surface area (Å²) in [5.41, 5.74) is 3.43. The average molecular weight is 723 g/mol. The number of carbonyl (C=O) groups excluding carboxylic acids is 4. The van der Waals surface area contributed by atoms with Crippen LogP contribution in [-0.2, 0) is 25.6 Å². The van der Waals surface area contributed by atoms with Gasteiger partial charge in [0.05, 0.1) is 10.5 Å². The first-order valence-corrected chi connectivity index (χ1v) is 20.1. The molecule has 3 N–H and O–H groups in total. The Bertz CT molecular complexity index is 1520. The number of nitrogens with zero attached hydrogens (tertiary/aromatic N) is 2. The van der Waals surface area contributed by atoms with E-state index in [1.54, 1.807) is 0 Å². The molecular formula is C41H62N4O5S. The lowest BCUT2D eigenvalue weighted by Gasteiger charge is -2.34. The third-order valence-electron chi connectivity index (χ3n) is 9.76. The number of ketones is 1. The molecule has 1 saturated heterocycles. The summed E-state index contributed by atoms with van der Waals surface area (Å²) in [5, 5.41) is 16.6. The van der Waals surface area contributed by atoms with Gasteiger partial charge in [0.25, 0.3) is 11.8 Å². The molecule has 2 aliphatic heterocycles. The number of fused-ring (bicyclic) bond motifs is 1. The molecule has 0 aliphatic carbocycles. The monoisotopic (exact) mass is 722 g/mol. The predicted molar refractivity (Wildman–Crippen MR) is 208 cm³/mol. The van der Waals surface area contributed by atoms with Gasteiger partial charge in [0, 0.05) is 67.7 Å². The molecule has 51 heavy (non-hydrogen) atoms. The van der Waals surface area contributed by atoms with Gasteiger partial charge in [-0.25, -0.2) is 0 Å². The molecule has 0 spiro atoms. The van der Waals surface area contributed by atoms with Crippen molar-refractivity contribution in [3.63, 3.8) is 0 Å². The molecule has 0 atom stereocenters. The Balaban J connectivity index is 1.10. The number of piperidine rings is 1. The van der Waals surface area contributed by atoms with Crippen molar-refractivity contribution in [3.05, 3.63) is 29.8 Å². The highest BCUT2D eigenvalue weighted by atomic mass is 32.2. The topological polar surface area (TPSA) is 123 Å². The minimum Gasteiger partial charge on any atom is -0.506 e. The molecule has 1 aromatic carbocycles. The maximum atomic E-state index is 12.5. The number of hydrogen-bond acceptors (Lipinski definition) is 7. The largest absolute Gasteiger partial charge is 0.506 e. The molecule has 1 fully saturated rings. The van der Waals surface area contributed by atoms with Crippen LogP contribution in [-0.4, -0.2) is 69.4 Å². The SMILES string of the molecule is CC(C)(C)Cc1c(SC(C)(C)C)[nH]c2c(N3CCC(CCNC(=O)CCCCCCC(=O)CCCCCN4C(=O)C=CC4=O)CC3)c(O)ccc12. The number of aromatic nitrogens is 1. The Morgan fingerprint density at radius 2 is 1.49 bits per heavy atom. The molecule has 2 aromatic rings. The zero-order valence-electron chi connectivity index (χ0n) is 32.0. The number of phenols is 1. The number of aromatic hydroxyl groups is 1. The van der Waals surface area contributed by atoms with E-state index in [4.69, 9.17) is 0 Å². The van der Waals surface area contributed by atoms with Crippen molar-refractivity contribution in [2.75, 3.05) is 31.1 Å². The summed E-state index contributed by atoms with van der Waals surface area (Å²) in [5.74, 6) is 0.744. The number of rotatable bonds is 19. The number of Topliss-reactive ketones (excluding diaryl/α,β-unsaturated/α-hetero) is 1. The normalized spacial score (nSPS) is 15.8. The number of phenolic OH excluding ortho intramolecular Hbond substituents is 1. The molecule has 10 heteroatoms. The Labute approximate surface area is 309 Å². The summed E-state index contributed by atoms with van der Waals surface area (Å²) in [4.78, 5) is 55.1. The number of thioether (sulfide) groups is 1. The molecule has 0 bridgehead atoms. The van der Waals surface area contributed by atoms with Crippen molar-refractivity contribution in [2.45, 2.75) is 141 Å². The lowest BCUT2D eigenvalue weighted by atomic mass is 9.88. The Kier molecular flexibility index (Phi) is 14.7. The number of amides is 3. The van der Waals surface area contributed by atoms with E-state index < -0.39 is 0 Å². The van der Waals surface area contributed by atoms with Gasteiger partial charge >= 0.3 is 0 Å². The van der Waals surface area contributed by atoms with Crippen LogP contribution in [0.2, 0.25) is 0 Å². The lowest BCUT2D eigenvalue weighted by Crippen LogP contribution is -2.35. The molecule has 3 heterocycles. The van der Waals surface area contributed by atoms with Gasteiger partial charge < -0.3 is 20.3 Å². The highest BCUT2D eigenvalue weighted by molar-refractivity contribution is 8.00. The zero-order valence-corrected chi connectivity index (χ0v) is 32.8. The summed E-state index contributed by atoms with van der Waals surface area (Å²) in [6.07, 6.45) is 14.1. The predicted octanol–water partition coefficient (Wildman–Crippen LogP) is 8.47. The molecule has 4 rings (SSSR count). The van der Waals surface area contributed by atoms with E-state index in [-0.39, 0.29) is 33.7 Å². The van der Waals surface area contributed by atoms with E-state index in [0.29, 0.717) is 44.0 Å². The first kappa shape index (κ1) is 40.5. The van der Waals surface area contributed by atoms with Gasteiger partial charge in [-0.15, -0.1) is 11.8 Å². The lowest BCUT2D eigenvalue weighted by molar-refractivity contribution is -0.137. The molecular weight excluding hydrogens is 661 g/mol. The number of imide groups is 1. The van der Waals surface area contributed by atoms with Crippen molar-refractivity contribution in [2.24, 2.45) is 11.3 Å². The third-order valence-corrected chi connectivity index (χ3v) is 10.9. The number of hydrogen-bond donors (Lipinski definition) is 3. The maximum Gasteiger partial charge on any atom is 0.253 e. The quantitative estimate of drug-likeness (QED) is 0.0756. The van der Waals surface area contributed by atoms with E-state index in [1.807, 2.05) is 17.8 Å². The van der Waals surface area contributed by atoms with Crippen molar-refractivity contribution >= 4 is 51.9 Å². The highest BCUT2D eigenvalue weighted by Crippen LogP contribution is 2.45. The standard InChI is InChI=1S/C41H62N4O5S/c1-40(2,3)28-32-31-17-18-33(47)38(37(31)43-39(32)51-41(4,5)6)44-26-22-29(23-27-44)21-24-42-34(48)16-12-8-7-10-14-30(46)15-11-9-13-25-45-35(49)19-20-36(45)50/h17-20,29,43,47H,7-16,21-28H2,1-6H3,(H,42,48). The first-order chi connectivity index (χ1) is 24.1. The number of carbonyl (C=O) groups is 4. The minimum atomic E-state index is -0.250. The van der Waals surface area contributed by atoms with Crippen molar-refractivity contribution in [1.29, 1.82) is 0 Å². The fourth-order valence-corrected chi connectivity index (χ4v) is 8.22. The third kappa shape index (κ3) is 12.7. The molecule has 0 saturated carbocycles. The molecule has 2 aliphatic rings. The first-order valence-electron chi connectivity index (χ1n) is 19.2. The Morgan fingerprint density at radius 3 is 2.10 bits per heavy atom. The van der Waals surface area contributed by atoms with Gasteiger partial charge in [-0.1, -0.05) is 60.8 Å². The van der Waals surface area contributed by atoms with Gasteiger partial charge in [0.2, 0.25) is 5.91 Å². The second kappa shape index (κ2) is 18.5. The molecule has 9 nitrogen and oxygen atoms in total. The van der Waals surface area contributed by atoms with Crippen LogP contribution in [0.4, 0.5) is 5.69 Å². The van der Waals surface area contributed by atoms with Gasteiger partial charge in [-0.2, -0.15) is 0 Å². The van der Waals surface area contributed by atoms with Crippen LogP contribution in [0.15, 0.2) is 29.3 Å². The fraction of sp³-hybridized carbons (Fsp3) is 0.659. The van der Waals surface area contributed by atoms with Crippen LogP contribution in [0, 0.1) is 11.3 Å². The van der Waals surface area contributed by atoms with Gasteiger partial charge in [-0.3, -0.25) is 24.1 Å². The number of H-pyrrole nitrogens is 1. The van der Waals surface area contributed by atoms with E-state index in [2.05, 4.69) is 62.8 Å². The molecule has 3 amide bonds. The summed E-state index contributed by atoms with van der Waals surface area (Å²) >= 11 is 1.86. The van der Waals surface area contributed by atoms with Crippen LogP contribution in [0.25, 0.3) is 10.9 Å². The van der Waals surface area contributed by atoms with Crippen LogP contribution >= 0.6 is 11.8 Å². The average Bonchev–Trinajstić information content (AvgIpc) is 3.54. The number of aromatic amines is 1. The van der Waals surface area contributed by atoms with Gasteiger partial charge in [-0.05, 0) is 80.4 Å². The molecule has 1 aromatic heterocycles. The summed E-state index contributed by atoms with van der Waals surface area (Å²) in [6, 6.07) is 3.94. The fourth-order valence-electron chi connectivity index (χ4n) is 7.14. The Morgan fingerprint density at radius 1 is 0.882 bits per heavy atom. The van der Waals surface area contributed by atoms with Gasteiger partial charge in [0.15, 0.2) is 0 Å². The van der Waals surface area contributed by atoms with Crippen LogP contribution in [0.3, 0.4) is 0 Å². The second-order valence-corrected chi connectivity index (χ2v) is 18.6. The zero-order chi connectivity index (χ0) is 37.2.